The summed E-state index contributed by atoms with van der Waals surface area (Å²) in [7, 11) is 1.66. The second-order valence-corrected chi connectivity index (χ2v) is 4.43. The van der Waals surface area contributed by atoms with Gasteiger partial charge in [0.1, 0.15) is 0 Å². The van der Waals surface area contributed by atoms with E-state index in [1.807, 2.05) is 30.5 Å². The molecule has 3 nitrogen and oxygen atoms in total. The monoisotopic (exact) mass is 250 g/mol. The van der Waals surface area contributed by atoms with E-state index in [0.29, 0.717) is 6.42 Å². The van der Waals surface area contributed by atoms with Crippen LogP contribution in [0, 0.1) is 0 Å². The quantitative estimate of drug-likeness (QED) is 0.890. The molecule has 0 aliphatic rings. The first-order chi connectivity index (χ1) is 8.20. The zero-order chi connectivity index (χ0) is 12.3. The lowest BCUT2D eigenvalue weighted by Crippen LogP contribution is -2.17. The van der Waals surface area contributed by atoms with Crippen molar-refractivity contribution in [2.45, 2.75) is 19.4 Å². The molecule has 1 aromatic heterocycles. The Morgan fingerprint density at radius 1 is 1.41 bits per heavy atom. The van der Waals surface area contributed by atoms with Crippen molar-refractivity contribution < 1.29 is 4.79 Å². The van der Waals surface area contributed by atoms with Crippen LogP contribution in [-0.4, -0.2) is 17.5 Å². The maximum atomic E-state index is 11.1. The maximum absolute atomic E-state index is 11.1. The summed E-state index contributed by atoms with van der Waals surface area (Å²) in [6.07, 6.45) is 3.43. The van der Waals surface area contributed by atoms with E-state index in [-0.39, 0.29) is 5.91 Å². The van der Waals surface area contributed by atoms with Gasteiger partial charge in [0, 0.05) is 42.1 Å². The van der Waals surface area contributed by atoms with Crippen molar-refractivity contribution in [1.29, 1.82) is 0 Å². The third-order valence-corrected chi connectivity index (χ3v) is 3.05. The third-order valence-electron chi connectivity index (χ3n) is 2.81. The van der Waals surface area contributed by atoms with E-state index in [2.05, 4.69) is 9.88 Å². The molecule has 0 radical (unpaired) electrons. The van der Waals surface area contributed by atoms with E-state index in [9.17, 15) is 4.79 Å². The summed E-state index contributed by atoms with van der Waals surface area (Å²) >= 11 is 5.93. The van der Waals surface area contributed by atoms with Crippen LogP contribution in [0.15, 0.2) is 30.5 Å². The molecule has 1 heterocycles. The summed E-state index contributed by atoms with van der Waals surface area (Å²) < 4.78 is 2.15. The highest BCUT2D eigenvalue weighted by atomic mass is 35.5. The third kappa shape index (κ3) is 2.80. The standard InChI is InChI=1S/C13H15ClN2O/c1-15-13(17)3-2-7-16-8-6-10-9-11(14)4-5-12(10)16/h4-6,8-9H,2-3,7H2,1H3,(H,15,17). The molecule has 0 atom stereocenters. The molecule has 90 valence electrons. The smallest absolute Gasteiger partial charge is 0.219 e. The average molecular weight is 251 g/mol. The van der Waals surface area contributed by atoms with E-state index in [1.54, 1.807) is 7.05 Å². The zero-order valence-corrected chi connectivity index (χ0v) is 10.5. The normalized spacial score (nSPS) is 10.7. The molecule has 0 saturated heterocycles. The van der Waals surface area contributed by atoms with E-state index >= 15 is 0 Å². The van der Waals surface area contributed by atoms with Crippen LogP contribution in [0.1, 0.15) is 12.8 Å². The Balaban J connectivity index is 2.06. The van der Waals surface area contributed by atoms with Gasteiger partial charge in [-0.2, -0.15) is 0 Å². The number of aromatic nitrogens is 1. The van der Waals surface area contributed by atoms with Crippen LogP contribution < -0.4 is 5.32 Å². The Morgan fingerprint density at radius 3 is 3.00 bits per heavy atom. The molecule has 0 spiro atoms. The lowest BCUT2D eigenvalue weighted by atomic mass is 10.2. The SMILES string of the molecule is CNC(=O)CCCn1ccc2cc(Cl)ccc21. The summed E-state index contributed by atoms with van der Waals surface area (Å²) in [5.41, 5.74) is 1.16. The number of carbonyl (C=O) groups excluding carboxylic acids is 1. The molecule has 17 heavy (non-hydrogen) atoms. The van der Waals surface area contributed by atoms with Crippen LogP contribution in [0.4, 0.5) is 0 Å². The van der Waals surface area contributed by atoms with Crippen LogP contribution in [0.3, 0.4) is 0 Å². The molecule has 0 aliphatic carbocycles. The zero-order valence-electron chi connectivity index (χ0n) is 9.74. The highest BCUT2D eigenvalue weighted by molar-refractivity contribution is 6.31. The average Bonchev–Trinajstić information content (AvgIpc) is 2.71. The summed E-state index contributed by atoms with van der Waals surface area (Å²) in [5, 5.41) is 4.51. The van der Waals surface area contributed by atoms with E-state index in [1.165, 1.54) is 0 Å². The molecule has 0 unspecified atom stereocenters. The van der Waals surface area contributed by atoms with Crippen molar-refractivity contribution in [2.24, 2.45) is 0 Å². The van der Waals surface area contributed by atoms with Crippen LogP contribution in [0.5, 0.6) is 0 Å². The molecule has 2 rings (SSSR count). The first-order valence-corrected chi connectivity index (χ1v) is 6.03. The van der Waals surface area contributed by atoms with Gasteiger partial charge in [-0.15, -0.1) is 0 Å². The Morgan fingerprint density at radius 2 is 2.24 bits per heavy atom. The van der Waals surface area contributed by atoms with Gasteiger partial charge in [-0.05, 0) is 30.7 Å². The van der Waals surface area contributed by atoms with Gasteiger partial charge in [-0.1, -0.05) is 11.6 Å². The van der Waals surface area contributed by atoms with Gasteiger partial charge >= 0.3 is 0 Å². The Kier molecular flexibility index (Phi) is 3.69. The van der Waals surface area contributed by atoms with Gasteiger partial charge in [0.15, 0.2) is 0 Å². The minimum absolute atomic E-state index is 0.0875. The van der Waals surface area contributed by atoms with Gasteiger partial charge in [0.2, 0.25) is 5.91 Å². The highest BCUT2D eigenvalue weighted by Crippen LogP contribution is 2.20. The maximum Gasteiger partial charge on any atom is 0.219 e. The number of halogens is 1. The van der Waals surface area contributed by atoms with Gasteiger partial charge in [-0.3, -0.25) is 4.79 Å². The van der Waals surface area contributed by atoms with Crippen LogP contribution >= 0.6 is 11.6 Å². The van der Waals surface area contributed by atoms with Gasteiger partial charge < -0.3 is 9.88 Å². The summed E-state index contributed by atoms with van der Waals surface area (Å²) in [6.45, 7) is 0.846. The molecule has 1 aromatic carbocycles. The molecule has 1 amide bonds. The van der Waals surface area contributed by atoms with Crippen molar-refractivity contribution in [1.82, 2.24) is 9.88 Å². The predicted molar refractivity (Wildman–Crippen MR) is 70.2 cm³/mol. The molecule has 0 bridgehead atoms. The first-order valence-electron chi connectivity index (χ1n) is 5.65. The van der Waals surface area contributed by atoms with Crippen molar-refractivity contribution in [3.05, 3.63) is 35.5 Å². The first kappa shape index (κ1) is 12.0. The molecule has 0 fully saturated rings. The van der Waals surface area contributed by atoms with Crippen molar-refractivity contribution in [3.63, 3.8) is 0 Å². The Hall–Kier alpha value is -1.48. The number of nitrogens with one attached hydrogen (secondary N) is 1. The Labute approximate surface area is 105 Å². The molecular formula is C13H15ClN2O. The summed E-state index contributed by atoms with van der Waals surface area (Å²) in [4.78, 5) is 11.1. The fraction of sp³-hybridized carbons (Fsp3) is 0.308. The van der Waals surface area contributed by atoms with E-state index < -0.39 is 0 Å². The lowest BCUT2D eigenvalue weighted by Gasteiger charge is -2.05. The van der Waals surface area contributed by atoms with Crippen LogP contribution in [0.25, 0.3) is 10.9 Å². The topological polar surface area (TPSA) is 34.0 Å². The number of nitrogens with zero attached hydrogens (tertiary/aromatic N) is 1. The molecule has 1 N–H and O–H groups in total. The van der Waals surface area contributed by atoms with Gasteiger partial charge in [0.25, 0.3) is 0 Å². The number of aryl methyl sites for hydroxylation is 1. The van der Waals surface area contributed by atoms with E-state index in [0.717, 1.165) is 28.9 Å². The minimum atomic E-state index is 0.0875. The van der Waals surface area contributed by atoms with Crippen LogP contribution in [0.2, 0.25) is 5.02 Å². The number of hydrogen-bond donors (Lipinski definition) is 1. The number of rotatable bonds is 4. The van der Waals surface area contributed by atoms with Crippen molar-refractivity contribution in [3.8, 4) is 0 Å². The minimum Gasteiger partial charge on any atom is -0.359 e. The lowest BCUT2D eigenvalue weighted by molar-refractivity contribution is -0.120. The molecular weight excluding hydrogens is 236 g/mol. The Bertz CT molecular complexity index is 533. The van der Waals surface area contributed by atoms with Gasteiger partial charge in [-0.25, -0.2) is 0 Å². The van der Waals surface area contributed by atoms with Gasteiger partial charge in [0.05, 0.1) is 0 Å². The highest BCUT2D eigenvalue weighted by Gasteiger charge is 2.02. The van der Waals surface area contributed by atoms with Crippen molar-refractivity contribution >= 4 is 28.4 Å². The van der Waals surface area contributed by atoms with E-state index in [4.69, 9.17) is 11.6 Å². The van der Waals surface area contributed by atoms with Crippen molar-refractivity contribution in [2.75, 3.05) is 7.05 Å². The second-order valence-electron chi connectivity index (χ2n) is 3.99. The fourth-order valence-corrected chi connectivity index (χ4v) is 2.08. The number of carbonyl (C=O) groups is 1. The number of benzene rings is 1. The largest absolute Gasteiger partial charge is 0.359 e. The number of hydrogen-bond acceptors (Lipinski definition) is 1. The summed E-state index contributed by atoms with van der Waals surface area (Å²) in [5.74, 6) is 0.0875. The second kappa shape index (κ2) is 5.23. The van der Waals surface area contributed by atoms with Crippen LogP contribution in [-0.2, 0) is 11.3 Å². The molecule has 4 heteroatoms. The molecule has 0 saturated carbocycles. The summed E-state index contributed by atoms with van der Waals surface area (Å²) in [6, 6.07) is 7.89. The number of amides is 1. The number of fused-ring (bicyclic) bond motifs is 1. The fourth-order valence-electron chi connectivity index (χ4n) is 1.90. The predicted octanol–water partition coefficient (Wildman–Crippen LogP) is 2.82. The molecule has 2 aromatic rings. The molecule has 0 aliphatic heterocycles.